The summed E-state index contributed by atoms with van der Waals surface area (Å²) in [6.45, 7) is 3.10. The molecule has 2 N–H and O–H groups in total. The van der Waals surface area contributed by atoms with Crippen LogP contribution in [0.15, 0.2) is 48.5 Å². The van der Waals surface area contributed by atoms with E-state index in [1.807, 2.05) is 30.3 Å². The first kappa shape index (κ1) is 16.7. The van der Waals surface area contributed by atoms with Gasteiger partial charge in [0.05, 0.1) is 12.8 Å². The fourth-order valence-electron chi connectivity index (χ4n) is 3.34. The number of nitrogens with one attached hydrogen (secondary N) is 1. The molecule has 0 spiro atoms. The number of benzene rings is 2. The zero-order valence-corrected chi connectivity index (χ0v) is 14.2. The number of aromatic hydroxyl groups is 1. The van der Waals surface area contributed by atoms with E-state index in [-0.39, 0.29) is 0 Å². The predicted octanol–water partition coefficient (Wildman–Crippen LogP) is 3.52. The number of hydrogen-bond acceptors (Lipinski definition) is 4. The molecule has 1 aliphatic rings. The van der Waals surface area contributed by atoms with Crippen LogP contribution in [0.25, 0.3) is 0 Å². The van der Waals surface area contributed by atoms with E-state index in [0.29, 0.717) is 11.8 Å². The van der Waals surface area contributed by atoms with Crippen molar-refractivity contribution in [2.24, 2.45) is 0 Å². The Morgan fingerprint density at radius 2 is 1.96 bits per heavy atom. The molecular weight excluding hydrogens is 300 g/mol. The van der Waals surface area contributed by atoms with Crippen LogP contribution in [0.2, 0.25) is 0 Å². The average molecular weight is 326 g/mol. The van der Waals surface area contributed by atoms with E-state index in [4.69, 9.17) is 4.74 Å². The molecule has 3 rings (SSSR count). The molecule has 2 aromatic carbocycles. The lowest BCUT2D eigenvalue weighted by molar-refractivity contribution is 0.266. The minimum atomic E-state index is 0.320. The summed E-state index contributed by atoms with van der Waals surface area (Å²) < 4.78 is 5.21. The van der Waals surface area contributed by atoms with Gasteiger partial charge in [0, 0.05) is 19.1 Å². The summed E-state index contributed by atoms with van der Waals surface area (Å²) in [5.41, 5.74) is 2.16. The highest BCUT2D eigenvalue weighted by molar-refractivity contribution is 5.55. The Morgan fingerprint density at radius 3 is 2.71 bits per heavy atom. The summed E-state index contributed by atoms with van der Waals surface area (Å²) >= 11 is 0. The number of para-hydroxylation sites is 2. The highest BCUT2D eigenvalue weighted by Gasteiger charge is 2.23. The smallest absolute Gasteiger partial charge is 0.138 e. The van der Waals surface area contributed by atoms with E-state index < -0.39 is 0 Å². The second kappa shape index (κ2) is 8.06. The fraction of sp³-hybridized carbons (Fsp3) is 0.400. The molecule has 1 atom stereocenters. The number of likely N-dealkylation sites (tertiary alicyclic amines) is 1. The van der Waals surface area contributed by atoms with Gasteiger partial charge in [-0.3, -0.25) is 4.90 Å². The molecule has 0 aromatic heterocycles. The topological polar surface area (TPSA) is 44.7 Å². The Bertz CT molecular complexity index is 642. The third kappa shape index (κ3) is 4.20. The van der Waals surface area contributed by atoms with E-state index >= 15 is 0 Å². The van der Waals surface area contributed by atoms with Crippen molar-refractivity contribution in [2.45, 2.75) is 25.3 Å². The molecule has 0 saturated carbocycles. The van der Waals surface area contributed by atoms with Crippen molar-refractivity contribution in [1.82, 2.24) is 4.90 Å². The van der Waals surface area contributed by atoms with Crippen LogP contribution in [0.3, 0.4) is 0 Å². The molecule has 0 amide bonds. The molecule has 1 heterocycles. The van der Waals surface area contributed by atoms with Crippen molar-refractivity contribution in [3.63, 3.8) is 0 Å². The van der Waals surface area contributed by atoms with Crippen LogP contribution in [-0.2, 0) is 6.42 Å². The van der Waals surface area contributed by atoms with E-state index in [0.717, 1.165) is 37.5 Å². The summed E-state index contributed by atoms with van der Waals surface area (Å²) in [4.78, 5) is 2.55. The summed E-state index contributed by atoms with van der Waals surface area (Å²) in [6, 6.07) is 16.3. The largest absolute Gasteiger partial charge is 0.506 e. The zero-order chi connectivity index (χ0) is 16.8. The van der Waals surface area contributed by atoms with E-state index in [1.165, 1.54) is 18.4 Å². The summed E-state index contributed by atoms with van der Waals surface area (Å²) in [5, 5.41) is 13.2. The van der Waals surface area contributed by atoms with Gasteiger partial charge in [-0.05, 0) is 55.6 Å². The molecule has 0 aliphatic carbocycles. The van der Waals surface area contributed by atoms with Crippen molar-refractivity contribution in [3.05, 3.63) is 54.1 Å². The van der Waals surface area contributed by atoms with Crippen molar-refractivity contribution >= 4 is 5.69 Å². The van der Waals surface area contributed by atoms with Crippen LogP contribution in [0.1, 0.15) is 18.4 Å². The van der Waals surface area contributed by atoms with Gasteiger partial charge in [0.1, 0.15) is 11.5 Å². The summed E-state index contributed by atoms with van der Waals surface area (Å²) in [6.07, 6.45) is 3.51. The van der Waals surface area contributed by atoms with Crippen molar-refractivity contribution in [3.8, 4) is 11.5 Å². The van der Waals surface area contributed by atoms with Gasteiger partial charge in [-0.1, -0.05) is 24.3 Å². The SMILES string of the molecule is COc1ccc(CCN2CCC[C@@H]2CNc2ccccc2O)cc1. The molecule has 1 fully saturated rings. The number of phenols is 1. The van der Waals surface area contributed by atoms with Gasteiger partial charge in [0.2, 0.25) is 0 Å². The third-order valence-electron chi connectivity index (χ3n) is 4.78. The van der Waals surface area contributed by atoms with Gasteiger partial charge in [-0.2, -0.15) is 0 Å². The first-order chi connectivity index (χ1) is 11.8. The molecule has 1 saturated heterocycles. The summed E-state index contributed by atoms with van der Waals surface area (Å²) in [5.74, 6) is 1.23. The molecule has 1 aliphatic heterocycles. The van der Waals surface area contributed by atoms with Crippen LogP contribution >= 0.6 is 0 Å². The zero-order valence-electron chi connectivity index (χ0n) is 14.2. The molecule has 128 valence electrons. The predicted molar refractivity (Wildman–Crippen MR) is 97.9 cm³/mol. The molecule has 2 aromatic rings. The van der Waals surface area contributed by atoms with Crippen LogP contribution in [0.5, 0.6) is 11.5 Å². The first-order valence-corrected chi connectivity index (χ1v) is 8.65. The van der Waals surface area contributed by atoms with Gasteiger partial charge in [-0.25, -0.2) is 0 Å². The number of ether oxygens (including phenoxy) is 1. The molecule has 24 heavy (non-hydrogen) atoms. The van der Waals surface area contributed by atoms with Crippen molar-refractivity contribution < 1.29 is 9.84 Å². The number of nitrogens with zero attached hydrogens (tertiary/aromatic N) is 1. The normalized spacial score (nSPS) is 17.8. The Balaban J connectivity index is 1.50. The van der Waals surface area contributed by atoms with Crippen molar-refractivity contribution in [1.29, 1.82) is 0 Å². The average Bonchev–Trinajstić information content (AvgIpc) is 3.07. The molecule has 4 nitrogen and oxygen atoms in total. The maximum atomic E-state index is 9.86. The second-order valence-corrected chi connectivity index (χ2v) is 6.33. The molecule has 0 radical (unpaired) electrons. The Labute approximate surface area is 144 Å². The van der Waals surface area contributed by atoms with E-state index in [2.05, 4.69) is 22.3 Å². The Kier molecular flexibility index (Phi) is 5.59. The first-order valence-electron chi connectivity index (χ1n) is 8.65. The maximum Gasteiger partial charge on any atom is 0.138 e. The lowest BCUT2D eigenvalue weighted by Crippen LogP contribution is -2.36. The van der Waals surface area contributed by atoms with Gasteiger partial charge >= 0.3 is 0 Å². The maximum absolute atomic E-state index is 9.86. The quantitative estimate of drug-likeness (QED) is 0.764. The van der Waals surface area contributed by atoms with Gasteiger partial charge in [0.25, 0.3) is 0 Å². The van der Waals surface area contributed by atoms with Crippen LogP contribution in [-0.4, -0.2) is 42.8 Å². The van der Waals surface area contributed by atoms with Crippen LogP contribution in [0.4, 0.5) is 5.69 Å². The highest BCUT2D eigenvalue weighted by atomic mass is 16.5. The van der Waals surface area contributed by atoms with Crippen LogP contribution < -0.4 is 10.1 Å². The third-order valence-corrected chi connectivity index (χ3v) is 4.78. The van der Waals surface area contributed by atoms with Crippen molar-refractivity contribution in [2.75, 3.05) is 32.1 Å². The van der Waals surface area contributed by atoms with E-state index in [1.54, 1.807) is 13.2 Å². The van der Waals surface area contributed by atoms with E-state index in [9.17, 15) is 5.11 Å². The van der Waals surface area contributed by atoms with Gasteiger partial charge in [0.15, 0.2) is 0 Å². The number of anilines is 1. The Morgan fingerprint density at radius 1 is 1.17 bits per heavy atom. The number of phenolic OH excluding ortho intramolecular Hbond substituents is 1. The standard InChI is InChI=1S/C20H26N2O2/c1-24-18-10-8-16(9-11-18)12-14-22-13-4-5-17(22)15-21-19-6-2-3-7-20(19)23/h2-3,6-11,17,21,23H,4-5,12-15H2,1H3/t17-/m1/s1. The molecule has 0 unspecified atom stereocenters. The Hall–Kier alpha value is -2.20. The summed E-state index contributed by atoms with van der Waals surface area (Å²) in [7, 11) is 1.70. The highest BCUT2D eigenvalue weighted by Crippen LogP contribution is 2.24. The fourth-order valence-corrected chi connectivity index (χ4v) is 3.34. The minimum Gasteiger partial charge on any atom is -0.506 e. The monoisotopic (exact) mass is 326 g/mol. The van der Waals surface area contributed by atoms with Gasteiger partial charge in [-0.15, -0.1) is 0 Å². The number of rotatable bonds is 7. The van der Waals surface area contributed by atoms with Gasteiger partial charge < -0.3 is 15.2 Å². The number of hydrogen-bond donors (Lipinski definition) is 2. The molecule has 4 heteroatoms. The lowest BCUT2D eigenvalue weighted by atomic mass is 10.1. The lowest BCUT2D eigenvalue weighted by Gasteiger charge is -2.25. The minimum absolute atomic E-state index is 0.320. The molecule has 0 bridgehead atoms. The number of methoxy groups -OCH3 is 1. The molecular formula is C20H26N2O2. The van der Waals surface area contributed by atoms with Crippen LogP contribution in [0, 0.1) is 0 Å². The second-order valence-electron chi connectivity index (χ2n) is 6.33.